The highest BCUT2D eigenvalue weighted by atomic mass is 16.5. The summed E-state index contributed by atoms with van der Waals surface area (Å²) >= 11 is 0. The van der Waals surface area contributed by atoms with Gasteiger partial charge in [-0.15, -0.1) is 0 Å². The van der Waals surface area contributed by atoms with Crippen molar-refractivity contribution >= 4 is 0 Å². The van der Waals surface area contributed by atoms with Crippen LogP contribution in [0.25, 0.3) is 0 Å². The Kier molecular flexibility index (Phi) is 5.71. The molecule has 106 valence electrons. The normalized spacial score (nSPS) is 16.8. The summed E-state index contributed by atoms with van der Waals surface area (Å²) in [5.74, 6) is 1.73. The van der Waals surface area contributed by atoms with E-state index in [0.717, 1.165) is 18.8 Å². The highest BCUT2D eigenvalue weighted by Gasteiger charge is 2.14. The van der Waals surface area contributed by atoms with Crippen molar-refractivity contribution in [1.82, 2.24) is 5.32 Å². The molecule has 2 nitrogen and oxygen atoms in total. The van der Waals surface area contributed by atoms with Gasteiger partial charge in [-0.1, -0.05) is 32.4 Å². The van der Waals surface area contributed by atoms with Crippen LogP contribution in [0.3, 0.4) is 0 Å². The Hall–Kier alpha value is -1.02. The van der Waals surface area contributed by atoms with Crippen molar-refractivity contribution in [2.75, 3.05) is 6.54 Å². The Labute approximate surface area is 117 Å². The van der Waals surface area contributed by atoms with E-state index in [1.165, 1.54) is 37.7 Å². The molecule has 0 radical (unpaired) electrons. The fourth-order valence-electron chi connectivity index (χ4n) is 2.57. The average molecular weight is 261 g/mol. The van der Waals surface area contributed by atoms with Crippen molar-refractivity contribution < 1.29 is 4.74 Å². The fourth-order valence-corrected chi connectivity index (χ4v) is 2.57. The Morgan fingerprint density at radius 3 is 2.42 bits per heavy atom. The van der Waals surface area contributed by atoms with Gasteiger partial charge in [0.05, 0.1) is 6.10 Å². The number of hydrogen-bond acceptors (Lipinski definition) is 2. The minimum atomic E-state index is 0.443. The highest BCUT2D eigenvalue weighted by Crippen LogP contribution is 2.23. The molecule has 0 unspecified atom stereocenters. The number of ether oxygens (including phenoxy) is 1. The maximum atomic E-state index is 6.03. The van der Waals surface area contributed by atoms with Gasteiger partial charge in [-0.3, -0.25) is 0 Å². The summed E-state index contributed by atoms with van der Waals surface area (Å²) in [5, 5.41) is 3.46. The zero-order valence-electron chi connectivity index (χ0n) is 12.3. The van der Waals surface area contributed by atoms with Gasteiger partial charge < -0.3 is 10.1 Å². The van der Waals surface area contributed by atoms with E-state index in [-0.39, 0.29) is 0 Å². The Bertz CT molecular complexity index is 352. The zero-order valence-corrected chi connectivity index (χ0v) is 12.3. The van der Waals surface area contributed by atoms with Gasteiger partial charge in [0.1, 0.15) is 5.75 Å². The SMILES string of the molecule is CC(C)CNCc1ccc(OC2CCCCC2)cc1. The van der Waals surface area contributed by atoms with Crippen LogP contribution in [0.5, 0.6) is 5.75 Å². The standard InChI is InChI=1S/C17H27NO/c1-14(2)12-18-13-15-8-10-17(11-9-15)19-16-6-4-3-5-7-16/h8-11,14,16,18H,3-7,12-13H2,1-2H3. The zero-order chi connectivity index (χ0) is 13.5. The molecule has 0 atom stereocenters. The van der Waals surface area contributed by atoms with E-state index in [2.05, 4.69) is 43.4 Å². The molecule has 0 heterocycles. The molecule has 1 aromatic carbocycles. The molecule has 1 saturated carbocycles. The molecule has 1 fully saturated rings. The van der Waals surface area contributed by atoms with Crippen LogP contribution in [0.1, 0.15) is 51.5 Å². The molecule has 1 aromatic rings. The maximum absolute atomic E-state index is 6.03. The van der Waals surface area contributed by atoms with Crippen LogP contribution in [-0.2, 0) is 6.54 Å². The molecule has 0 aliphatic heterocycles. The first-order valence-electron chi connectivity index (χ1n) is 7.70. The highest BCUT2D eigenvalue weighted by molar-refractivity contribution is 5.27. The number of rotatable bonds is 6. The third-order valence-electron chi connectivity index (χ3n) is 3.66. The molecule has 2 rings (SSSR count). The lowest BCUT2D eigenvalue weighted by Crippen LogP contribution is -2.20. The molecule has 1 N–H and O–H groups in total. The van der Waals surface area contributed by atoms with E-state index >= 15 is 0 Å². The molecular weight excluding hydrogens is 234 g/mol. The van der Waals surface area contributed by atoms with Crippen LogP contribution < -0.4 is 10.1 Å². The van der Waals surface area contributed by atoms with Gasteiger partial charge in [-0.25, -0.2) is 0 Å². The van der Waals surface area contributed by atoms with Crippen LogP contribution in [0.15, 0.2) is 24.3 Å². The van der Waals surface area contributed by atoms with Crippen molar-refractivity contribution in [1.29, 1.82) is 0 Å². The van der Waals surface area contributed by atoms with Crippen LogP contribution in [0.4, 0.5) is 0 Å². The first-order valence-corrected chi connectivity index (χ1v) is 7.70. The monoisotopic (exact) mass is 261 g/mol. The molecule has 19 heavy (non-hydrogen) atoms. The molecular formula is C17H27NO. The predicted octanol–water partition coefficient (Wildman–Crippen LogP) is 4.14. The summed E-state index contributed by atoms with van der Waals surface area (Å²) in [4.78, 5) is 0. The van der Waals surface area contributed by atoms with E-state index in [9.17, 15) is 0 Å². The quantitative estimate of drug-likeness (QED) is 0.831. The smallest absolute Gasteiger partial charge is 0.119 e. The van der Waals surface area contributed by atoms with Crippen molar-refractivity contribution in [2.24, 2.45) is 5.92 Å². The Balaban J connectivity index is 1.77. The van der Waals surface area contributed by atoms with Gasteiger partial charge in [0.25, 0.3) is 0 Å². The van der Waals surface area contributed by atoms with Gasteiger partial charge in [0.2, 0.25) is 0 Å². The van der Waals surface area contributed by atoms with Crippen LogP contribution in [-0.4, -0.2) is 12.6 Å². The molecule has 0 aromatic heterocycles. The summed E-state index contributed by atoms with van der Waals surface area (Å²) in [6, 6.07) is 8.57. The lowest BCUT2D eigenvalue weighted by atomic mass is 9.98. The summed E-state index contributed by atoms with van der Waals surface area (Å²) in [5.41, 5.74) is 1.33. The Morgan fingerprint density at radius 1 is 1.11 bits per heavy atom. The summed E-state index contributed by atoms with van der Waals surface area (Å²) < 4.78 is 6.03. The van der Waals surface area contributed by atoms with Gasteiger partial charge in [0, 0.05) is 6.54 Å². The maximum Gasteiger partial charge on any atom is 0.119 e. The van der Waals surface area contributed by atoms with Gasteiger partial charge in [-0.2, -0.15) is 0 Å². The molecule has 0 bridgehead atoms. The van der Waals surface area contributed by atoms with E-state index < -0.39 is 0 Å². The first-order chi connectivity index (χ1) is 9.24. The second-order valence-electron chi connectivity index (χ2n) is 6.05. The molecule has 0 amide bonds. The van der Waals surface area contributed by atoms with Crippen molar-refractivity contribution in [3.63, 3.8) is 0 Å². The second kappa shape index (κ2) is 7.54. The fraction of sp³-hybridized carbons (Fsp3) is 0.647. The van der Waals surface area contributed by atoms with Crippen LogP contribution in [0.2, 0.25) is 0 Å². The molecule has 0 spiro atoms. The Morgan fingerprint density at radius 2 is 1.79 bits per heavy atom. The lowest BCUT2D eigenvalue weighted by Gasteiger charge is -2.23. The van der Waals surface area contributed by atoms with Gasteiger partial charge in [0.15, 0.2) is 0 Å². The van der Waals surface area contributed by atoms with Crippen molar-refractivity contribution in [2.45, 2.75) is 58.6 Å². The molecule has 1 aliphatic carbocycles. The lowest BCUT2D eigenvalue weighted by molar-refractivity contribution is 0.155. The third kappa shape index (κ3) is 5.23. The largest absolute Gasteiger partial charge is 0.490 e. The van der Waals surface area contributed by atoms with Crippen molar-refractivity contribution in [3.8, 4) is 5.75 Å². The summed E-state index contributed by atoms with van der Waals surface area (Å²) in [6.07, 6.45) is 6.90. The molecule has 1 aliphatic rings. The van der Waals surface area contributed by atoms with Crippen LogP contribution in [0, 0.1) is 5.92 Å². The van der Waals surface area contributed by atoms with Gasteiger partial charge >= 0.3 is 0 Å². The van der Waals surface area contributed by atoms with Gasteiger partial charge in [-0.05, 0) is 55.8 Å². The number of hydrogen-bond donors (Lipinski definition) is 1. The van der Waals surface area contributed by atoms with E-state index in [1.807, 2.05) is 0 Å². The second-order valence-corrected chi connectivity index (χ2v) is 6.05. The van der Waals surface area contributed by atoms with Crippen molar-refractivity contribution in [3.05, 3.63) is 29.8 Å². The van der Waals surface area contributed by atoms with E-state index in [1.54, 1.807) is 0 Å². The summed E-state index contributed by atoms with van der Waals surface area (Å²) in [7, 11) is 0. The molecule has 2 heteroatoms. The number of benzene rings is 1. The summed E-state index contributed by atoms with van der Waals surface area (Å²) in [6.45, 7) is 6.48. The first kappa shape index (κ1) is 14.4. The van der Waals surface area contributed by atoms with E-state index in [4.69, 9.17) is 4.74 Å². The topological polar surface area (TPSA) is 21.3 Å². The minimum absolute atomic E-state index is 0.443. The van der Waals surface area contributed by atoms with Crippen LogP contribution >= 0.6 is 0 Å². The number of nitrogens with one attached hydrogen (secondary N) is 1. The minimum Gasteiger partial charge on any atom is -0.490 e. The predicted molar refractivity (Wildman–Crippen MR) is 80.5 cm³/mol. The molecule has 0 saturated heterocycles. The average Bonchev–Trinajstić information content (AvgIpc) is 2.42. The third-order valence-corrected chi connectivity index (χ3v) is 3.66. The van der Waals surface area contributed by atoms with E-state index in [0.29, 0.717) is 12.0 Å².